The van der Waals surface area contributed by atoms with Crippen molar-refractivity contribution in [1.82, 2.24) is 4.98 Å². The molecule has 0 aliphatic rings. The first-order chi connectivity index (χ1) is 13.6. The normalized spacial score (nSPS) is 10.6. The highest BCUT2D eigenvalue weighted by atomic mass is 35.5. The van der Waals surface area contributed by atoms with E-state index in [-0.39, 0.29) is 5.91 Å². The molecule has 0 saturated heterocycles. The first kappa shape index (κ1) is 20.4. The van der Waals surface area contributed by atoms with Crippen LogP contribution in [0.3, 0.4) is 0 Å². The van der Waals surface area contributed by atoms with Gasteiger partial charge in [-0.05, 0) is 48.4 Å². The summed E-state index contributed by atoms with van der Waals surface area (Å²) < 4.78 is 5.68. The predicted octanol–water partition coefficient (Wildman–Crippen LogP) is 6.21. The topological polar surface area (TPSA) is 51.2 Å². The molecule has 0 bridgehead atoms. The van der Waals surface area contributed by atoms with Gasteiger partial charge in [0.15, 0.2) is 5.13 Å². The van der Waals surface area contributed by atoms with E-state index in [0.717, 1.165) is 35.5 Å². The second-order valence-electron chi connectivity index (χ2n) is 6.47. The molecule has 0 aliphatic carbocycles. The monoisotopic (exact) mass is 414 g/mol. The van der Waals surface area contributed by atoms with Gasteiger partial charge in [-0.25, -0.2) is 4.98 Å². The molecule has 0 atom stereocenters. The Hall–Kier alpha value is -2.37. The van der Waals surface area contributed by atoms with Crippen LogP contribution >= 0.6 is 22.9 Å². The maximum absolute atomic E-state index is 12.4. The number of rotatable bonds is 9. The zero-order valence-electron chi connectivity index (χ0n) is 15.8. The average Bonchev–Trinajstić information content (AvgIpc) is 3.12. The van der Waals surface area contributed by atoms with Crippen molar-refractivity contribution in [3.05, 3.63) is 75.8 Å². The van der Waals surface area contributed by atoms with Crippen LogP contribution in [-0.2, 0) is 6.42 Å². The third-order valence-electron chi connectivity index (χ3n) is 4.17. The number of nitrogens with zero attached hydrogens (tertiary/aromatic N) is 1. The van der Waals surface area contributed by atoms with E-state index in [0.29, 0.717) is 22.3 Å². The molecule has 0 radical (unpaired) electrons. The SMILES string of the molecule is CCCCCOc1ccc(C(=O)Nc2ncc(Cc3cccc(Cl)c3)s2)cc1. The molecule has 1 N–H and O–H groups in total. The van der Waals surface area contributed by atoms with Gasteiger partial charge in [0.25, 0.3) is 5.91 Å². The molecule has 0 unspecified atom stereocenters. The van der Waals surface area contributed by atoms with Gasteiger partial charge in [0.1, 0.15) is 5.75 Å². The largest absolute Gasteiger partial charge is 0.494 e. The molecule has 0 aliphatic heterocycles. The quantitative estimate of drug-likeness (QED) is 0.423. The van der Waals surface area contributed by atoms with Crippen LogP contribution in [0.5, 0.6) is 5.75 Å². The highest BCUT2D eigenvalue weighted by Crippen LogP contribution is 2.23. The molecule has 0 fully saturated rings. The Balaban J connectivity index is 1.54. The summed E-state index contributed by atoms with van der Waals surface area (Å²) in [5, 5.41) is 4.16. The van der Waals surface area contributed by atoms with Crippen LogP contribution in [0.25, 0.3) is 0 Å². The van der Waals surface area contributed by atoms with Crippen molar-refractivity contribution in [2.45, 2.75) is 32.6 Å². The smallest absolute Gasteiger partial charge is 0.257 e. The minimum absolute atomic E-state index is 0.179. The Morgan fingerprint density at radius 3 is 2.75 bits per heavy atom. The van der Waals surface area contributed by atoms with Gasteiger partial charge in [0.05, 0.1) is 6.61 Å². The molecule has 3 aromatic rings. The number of ether oxygens (including phenoxy) is 1. The van der Waals surface area contributed by atoms with E-state index in [1.54, 1.807) is 18.3 Å². The van der Waals surface area contributed by atoms with Gasteiger partial charge in [-0.2, -0.15) is 0 Å². The lowest BCUT2D eigenvalue weighted by molar-refractivity contribution is 0.102. The molecule has 3 rings (SSSR count). The van der Waals surface area contributed by atoms with Crippen LogP contribution in [-0.4, -0.2) is 17.5 Å². The van der Waals surface area contributed by atoms with Gasteiger partial charge in [-0.15, -0.1) is 11.3 Å². The van der Waals surface area contributed by atoms with Crippen LogP contribution in [0.15, 0.2) is 54.7 Å². The van der Waals surface area contributed by atoms with Crippen molar-refractivity contribution in [1.29, 1.82) is 0 Å². The lowest BCUT2D eigenvalue weighted by Gasteiger charge is -2.07. The van der Waals surface area contributed by atoms with E-state index in [4.69, 9.17) is 16.3 Å². The number of aromatic nitrogens is 1. The van der Waals surface area contributed by atoms with Gasteiger partial charge in [0.2, 0.25) is 0 Å². The maximum atomic E-state index is 12.4. The fraction of sp³-hybridized carbons (Fsp3) is 0.273. The van der Waals surface area contributed by atoms with E-state index < -0.39 is 0 Å². The molecule has 1 heterocycles. The Labute approximate surface area is 174 Å². The van der Waals surface area contributed by atoms with E-state index in [2.05, 4.69) is 17.2 Å². The second kappa shape index (κ2) is 10.2. The Morgan fingerprint density at radius 2 is 2.00 bits per heavy atom. The molecule has 146 valence electrons. The summed E-state index contributed by atoms with van der Waals surface area (Å²) in [6, 6.07) is 14.9. The van der Waals surface area contributed by atoms with Crippen LogP contribution in [0.2, 0.25) is 5.02 Å². The molecule has 0 saturated carbocycles. The number of hydrogen-bond acceptors (Lipinski definition) is 4. The number of unbranched alkanes of at least 4 members (excludes halogenated alkanes) is 2. The Bertz CT molecular complexity index is 909. The van der Waals surface area contributed by atoms with Crippen molar-refractivity contribution in [2.24, 2.45) is 0 Å². The summed E-state index contributed by atoms with van der Waals surface area (Å²) in [6.45, 7) is 2.87. The fourth-order valence-corrected chi connectivity index (χ4v) is 3.76. The van der Waals surface area contributed by atoms with Crippen LogP contribution in [0.1, 0.15) is 47.0 Å². The molecule has 1 amide bonds. The number of amides is 1. The summed E-state index contributed by atoms with van der Waals surface area (Å²) in [6.07, 6.45) is 5.89. The minimum atomic E-state index is -0.179. The van der Waals surface area contributed by atoms with Gasteiger partial charge < -0.3 is 4.74 Å². The molecule has 6 heteroatoms. The van der Waals surface area contributed by atoms with Gasteiger partial charge in [-0.1, -0.05) is 43.5 Å². The summed E-state index contributed by atoms with van der Waals surface area (Å²) in [7, 11) is 0. The maximum Gasteiger partial charge on any atom is 0.257 e. The molecule has 1 aromatic heterocycles. The summed E-state index contributed by atoms with van der Waals surface area (Å²) >= 11 is 7.49. The zero-order chi connectivity index (χ0) is 19.8. The fourth-order valence-electron chi connectivity index (χ4n) is 2.71. The molecular formula is C22H23ClN2O2S. The van der Waals surface area contributed by atoms with Crippen LogP contribution in [0, 0.1) is 0 Å². The van der Waals surface area contributed by atoms with Gasteiger partial charge in [-0.3, -0.25) is 10.1 Å². The second-order valence-corrected chi connectivity index (χ2v) is 8.02. The van der Waals surface area contributed by atoms with Crippen molar-refractivity contribution in [3.8, 4) is 5.75 Å². The number of benzene rings is 2. The standard InChI is InChI=1S/C22H23ClN2O2S/c1-2-3-4-12-27-19-10-8-17(9-11-19)21(26)25-22-24-15-20(28-22)14-16-6-5-7-18(23)13-16/h5-11,13,15H,2-4,12,14H2,1H3,(H,24,25,26). The number of thiazole rings is 1. The summed E-state index contributed by atoms with van der Waals surface area (Å²) in [5.41, 5.74) is 1.69. The van der Waals surface area contributed by atoms with Gasteiger partial charge >= 0.3 is 0 Å². The lowest BCUT2D eigenvalue weighted by atomic mass is 10.1. The van der Waals surface area contributed by atoms with Crippen molar-refractivity contribution in [3.63, 3.8) is 0 Å². The molecule has 2 aromatic carbocycles. The molecule has 28 heavy (non-hydrogen) atoms. The number of hydrogen-bond donors (Lipinski definition) is 1. The van der Waals surface area contributed by atoms with E-state index in [9.17, 15) is 4.79 Å². The zero-order valence-corrected chi connectivity index (χ0v) is 17.4. The van der Waals surface area contributed by atoms with E-state index >= 15 is 0 Å². The molecule has 0 spiro atoms. The number of carbonyl (C=O) groups excluding carboxylic acids is 1. The first-order valence-electron chi connectivity index (χ1n) is 9.37. The third kappa shape index (κ3) is 6.08. The minimum Gasteiger partial charge on any atom is -0.494 e. The number of carbonyl (C=O) groups is 1. The Morgan fingerprint density at radius 1 is 1.18 bits per heavy atom. The summed E-state index contributed by atoms with van der Waals surface area (Å²) in [4.78, 5) is 17.8. The third-order valence-corrected chi connectivity index (χ3v) is 5.32. The highest BCUT2D eigenvalue weighted by Gasteiger charge is 2.10. The lowest BCUT2D eigenvalue weighted by Crippen LogP contribution is -2.11. The van der Waals surface area contributed by atoms with Crippen molar-refractivity contribution in [2.75, 3.05) is 11.9 Å². The predicted molar refractivity (Wildman–Crippen MR) is 116 cm³/mol. The van der Waals surface area contributed by atoms with Crippen molar-refractivity contribution >= 4 is 34.0 Å². The first-order valence-corrected chi connectivity index (χ1v) is 10.6. The number of anilines is 1. The van der Waals surface area contributed by atoms with Gasteiger partial charge in [0, 0.05) is 28.1 Å². The molecule has 4 nitrogen and oxygen atoms in total. The van der Waals surface area contributed by atoms with Crippen molar-refractivity contribution < 1.29 is 9.53 Å². The average molecular weight is 415 g/mol. The number of halogens is 1. The number of nitrogens with one attached hydrogen (secondary N) is 1. The van der Waals surface area contributed by atoms with E-state index in [1.165, 1.54) is 17.8 Å². The Kier molecular flexibility index (Phi) is 7.46. The van der Waals surface area contributed by atoms with Crippen LogP contribution < -0.4 is 10.1 Å². The van der Waals surface area contributed by atoms with E-state index in [1.807, 2.05) is 36.4 Å². The summed E-state index contributed by atoms with van der Waals surface area (Å²) in [5.74, 6) is 0.604. The molecular weight excluding hydrogens is 392 g/mol. The highest BCUT2D eigenvalue weighted by molar-refractivity contribution is 7.15. The van der Waals surface area contributed by atoms with Crippen LogP contribution in [0.4, 0.5) is 5.13 Å².